The minimum Gasteiger partial charge on any atom is -0.494 e. The third-order valence-electron chi connectivity index (χ3n) is 6.71. The monoisotopic (exact) mass is 645 g/mol. The van der Waals surface area contributed by atoms with Crippen LogP contribution in [0.15, 0.2) is 65.8 Å². The molecule has 0 unspecified atom stereocenters. The summed E-state index contributed by atoms with van der Waals surface area (Å²) in [6.07, 6.45) is -2.62. The van der Waals surface area contributed by atoms with Crippen molar-refractivity contribution in [3.05, 3.63) is 93.8 Å². The van der Waals surface area contributed by atoms with Crippen LogP contribution in [0.4, 0.5) is 18.9 Å². The normalized spacial score (nSPS) is 11.3. The van der Waals surface area contributed by atoms with Gasteiger partial charge in [-0.25, -0.2) is 0 Å². The van der Waals surface area contributed by atoms with Gasteiger partial charge in [0.25, 0.3) is 5.91 Å². The first kappa shape index (κ1) is 32.9. The minimum absolute atomic E-state index is 0.0217. The zero-order chi connectivity index (χ0) is 31.9. The highest BCUT2D eigenvalue weighted by Crippen LogP contribution is 2.34. The van der Waals surface area contributed by atoms with Gasteiger partial charge in [-0.2, -0.15) is 13.2 Å². The number of hydrogen-bond donors (Lipinski definition) is 2. The maximum absolute atomic E-state index is 13.1. The van der Waals surface area contributed by atoms with E-state index >= 15 is 0 Å². The number of aryl methyl sites for hydroxylation is 1. The van der Waals surface area contributed by atoms with Crippen LogP contribution in [0.3, 0.4) is 0 Å². The molecule has 1 aromatic heterocycles. The van der Waals surface area contributed by atoms with E-state index in [9.17, 15) is 22.8 Å². The number of nitrogens with one attached hydrogen (secondary N) is 2. The second-order valence-electron chi connectivity index (χ2n) is 9.89. The first-order valence-electron chi connectivity index (χ1n) is 13.8. The molecule has 4 rings (SSSR count). The van der Waals surface area contributed by atoms with Gasteiger partial charge in [-0.1, -0.05) is 48.8 Å². The van der Waals surface area contributed by atoms with E-state index in [1.165, 1.54) is 0 Å². The number of thioether (sulfide) groups is 1. The Kier molecular flexibility index (Phi) is 10.9. The number of carbonyl (C=O) groups excluding carboxylic acids is 2. The molecule has 0 fully saturated rings. The van der Waals surface area contributed by atoms with Gasteiger partial charge in [0.05, 0.1) is 40.9 Å². The Morgan fingerprint density at radius 3 is 2.50 bits per heavy atom. The van der Waals surface area contributed by atoms with Crippen LogP contribution in [-0.4, -0.2) is 38.9 Å². The quantitative estimate of drug-likeness (QED) is 0.123. The minimum atomic E-state index is -4.58. The summed E-state index contributed by atoms with van der Waals surface area (Å²) in [7, 11) is 0. The van der Waals surface area contributed by atoms with Gasteiger partial charge in [-0.3, -0.25) is 14.2 Å². The lowest BCUT2D eigenvalue weighted by atomic mass is 10.1. The van der Waals surface area contributed by atoms with Crippen LogP contribution in [0.1, 0.15) is 52.6 Å². The first-order chi connectivity index (χ1) is 21.0. The zero-order valence-corrected chi connectivity index (χ0v) is 25.9. The Hall–Kier alpha value is -4.03. The van der Waals surface area contributed by atoms with Crippen molar-refractivity contribution in [2.75, 3.05) is 17.7 Å². The molecule has 0 saturated carbocycles. The molecule has 44 heavy (non-hydrogen) atoms. The summed E-state index contributed by atoms with van der Waals surface area (Å²) in [6.45, 7) is 6.63. The molecule has 4 aromatic rings. The van der Waals surface area contributed by atoms with E-state index in [0.29, 0.717) is 28.9 Å². The molecule has 2 N–H and O–H groups in total. The van der Waals surface area contributed by atoms with Crippen molar-refractivity contribution in [1.29, 1.82) is 0 Å². The van der Waals surface area contributed by atoms with Crippen molar-refractivity contribution >= 4 is 40.9 Å². The molecular weight excluding hydrogens is 615 g/mol. The SMILES string of the molecule is CCCCOc1ccc(C(=O)NCc2nnc(SCC(=O)Nc3cc(C(F)(F)F)ccc3Cl)n2-c2cccc(C)c2C)cc1. The molecule has 0 aliphatic carbocycles. The summed E-state index contributed by atoms with van der Waals surface area (Å²) in [5.74, 6) is 0.0335. The average molecular weight is 646 g/mol. The Morgan fingerprint density at radius 1 is 1.05 bits per heavy atom. The van der Waals surface area contributed by atoms with Crippen molar-refractivity contribution < 1.29 is 27.5 Å². The second-order valence-corrected chi connectivity index (χ2v) is 11.2. The van der Waals surface area contributed by atoms with Gasteiger partial charge in [0.15, 0.2) is 11.0 Å². The largest absolute Gasteiger partial charge is 0.494 e. The molecule has 0 radical (unpaired) electrons. The van der Waals surface area contributed by atoms with Crippen LogP contribution in [-0.2, 0) is 17.5 Å². The Bertz CT molecular complexity index is 1630. The van der Waals surface area contributed by atoms with Gasteiger partial charge in [0.2, 0.25) is 5.91 Å². The molecule has 8 nitrogen and oxygen atoms in total. The predicted molar refractivity (Wildman–Crippen MR) is 165 cm³/mol. The van der Waals surface area contributed by atoms with E-state index in [2.05, 4.69) is 27.8 Å². The van der Waals surface area contributed by atoms with Crippen molar-refractivity contribution in [3.63, 3.8) is 0 Å². The van der Waals surface area contributed by atoms with E-state index in [-0.39, 0.29) is 28.9 Å². The van der Waals surface area contributed by atoms with Crippen molar-refractivity contribution in [2.24, 2.45) is 0 Å². The number of amides is 2. The number of benzene rings is 3. The molecule has 0 aliphatic heterocycles. The summed E-state index contributed by atoms with van der Waals surface area (Å²) in [5, 5.41) is 14.2. The number of unbranched alkanes of at least 4 members (excludes halogenated alkanes) is 1. The predicted octanol–water partition coefficient (Wildman–Crippen LogP) is 7.40. The summed E-state index contributed by atoms with van der Waals surface area (Å²) in [6, 6.07) is 15.3. The fourth-order valence-corrected chi connectivity index (χ4v) is 5.07. The number of hydrogen-bond acceptors (Lipinski definition) is 6. The standard InChI is InChI=1S/C31H31ClF3N5O3S/c1-4-5-15-43-23-12-9-21(10-13-23)29(42)36-17-27-38-39-30(40(27)26-8-6-7-19(2)20(26)3)44-18-28(41)37-25-16-22(31(33,34)35)11-14-24(25)32/h6-14,16H,4-5,15,17-18H2,1-3H3,(H,36,42)(H,37,41). The van der Waals surface area contributed by atoms with E-state index in [1.54, 1.807) is 28.8 Å². The summed E-state index contributed by atoms with van der Waals surface area (Å²) < 4.78 is 46.8. The van der Waals surface area contributed by atoms with Gasteiger partial charge < -0.3 is 15.4 Å². The lowest BCUT2D eigenvalue weighted by Gasteiger charge is -2.15. The molecular formula is C31H31ClF3N5O3S. The van der Waals surface area contributed by atoms with Crippen molar-refractivity contribution in [2.45, 2.75) is 51.5 Å². The van der Waals surface area contributed by atoms with Gasteiger partial charge in [-0.05, 0) is 79.9 Å². The number of ether oxygens (including phenoxy) is 1. The number of aromatic nitrogens is 3. The Balaban J connectivity index is 1.49. The number of halogens is 4. The van der Waals surface area contributed by atoms with Gasteiger partial charge in [0, 0.05) is 5.56 Å². The van der Waals surface area contributed by atoms with E-state index in [1.807, 2.05) is 32.0 Å². The van der Waals surface area contributed by atoms with Crippen LogP contribution in [0.2, 0.25) is 5.02 Å². The average Bonchev–Trinajstić information content (AvgIpc) is 3.39. The zero-order valence-electron chi connectivity index (χ0n) is 24.3. The molecule has 0 saturated heterocycles. The Labute approximate surface area is 262 Å². The molecule has 2 amide bonds. The van der Waals surface area contributed by atoms with E-state index < -0.39 is 17.6 Å². The van der Waals surface area contributed by atoms with Gasteiger partial charge >= 0.3 is 6.18 Å². The number of rotatable bonds is 12. The molecule has 0 bridgehead atoms. The topological polar surface area (TPSA) is 98.1 Å². The maximum atomic E-state index is 13.1. The third-order valence-corrected chi connectivity index (χ3v) is 7.97. The maximum Gasteiger partial charge on any atom is 0.416 e. The van der Waals surface area contributed by atoms with E-state index in [4.69, 9.17) is 16.3 Å². The molecule has 0 spiro atoms. The first-order valence-corrected chi connectivity index (χ1v) is 15.2. The highest BCUT2D eigenvalue weighted by Gasteiger charge is 2.31. The number of nitrogens with zero attached hydrogens (tertiary/aromatic N) is 3. The summed E-state index contributed by atoms with van der Waals surface area (Å²) in [4.78, 5) is 25.7. The smallest absolute Gasteiger partial charge is 0.416 e. The number of anilines is 1. The molecule has 0 aliphatic rings. The van der Waals surface area contributed by atoms with Crippen LogP contribution in [0.5, 0.6) is 5.75 Å². The van der Waals surface area contributed by atoms with Gasteiger partial charge in [0.1, 0.15) is 5.75 Å². The van der Waals surface area contributed by atoms with Crippen molar-refractivity contribution in [1.82, 2.24) is 20.1 Å². The Morgan fingerprint density at radius 2 is 1.80 bits per heavy atom. The highest BCUT2D eigenvalue weighted by molar-refractivity contribution is 7.99. The molecule has 232 valence electrons. The number of alkyl halides is 3. The highest BCUT2D eigenvalue weighted by atomic mass is 35.5. The lowest BCUT2D eigenvalue weighted by Crippen LogP contribution is -2.24. The van der Waals surface area contributed by atoms with E-state index in [0.717, 1.165) is 59.6 Å². The van der Waals surface area contributed by atoms with Crippen LogP contribution < -0.4 is 15.4 Å². The van der Waals surface area contributed by atoms with Crippen LogP contribution in [0.25, 0.3) is 5.69 Å². The fraction of sp³-hybridized carbons (Fsp3) is 0.290. The second kappa shape index (κ2) is 14.6. The van der Waals surface area contributed by atoms with Gasteiger partial charge in [-0.15, -0.1) is 10.2 Å². The molecule has 1 heterocycles. The lowest BCUT2D eigenvalue weighted by molar-refractivity contribution is -0.137. The summed E-state index contributed by atoms with van der Waals surface area (Å²) >= 11 is 7.08. The number of carbonyl (C=O) groups is 2. The van der Waals surface area contributed by atoms with Crippen LogP contribution >= 0.6 is 23.4 Å². The molecule has 0 atom stereocenters. The van der Waals surface area contributed by atoms with Crippen molar-refractivity contribution in [3.8, 4) is 11.4 Å². The molecule has 13 heteroatoms. The van der Waals surface area contributed by atoms with Crippen LogP contribution in [0, 0.1) is 13.8 Å². The fourth-order valence-electron chi connectivity index (χ4n) is 4.14. The summed E-state index contributed by atoms with van der Waals surface area (Å²) in [5.41, 5.74) is 2.09. The third kappa shape index (κ3) is 8.32. The molecule has 3 aromatic carbocycles.